The zero-order chi connectivity index (χ0) is 6.69. The fourth-order valence-corrected chi connectivity index (χ4v) is 1.71. The molecule has 1 heterocycles. The monoisotopic (exact) mass is 147 g/mol. The van der Waals surface area contributed by atoms with Gasteiger partial charge in [-0.3, -0.25) is 4.90 Å². The Labute approximate surface area is 60.2 Å². The largest absolute Gasteiger partial charge is 0.392 e. The van der Waals surface area contributed by atoms with E-state index in [9.17, 15) is 0 Å². The van der Waals surface area contributed by atoms with Crippen LogP contribution in [0.1, 0.15) is 6.42 Å². The Bertz CT molecular complexity index is 87.1. The van der Waals surface area contributed by atoms with Crippen molar-refractivity contribution in [2.45, 2.75) is 12.5 Å². The van der Waals surface area contributed by atoms with E-state index in [2.05, 4.69) is 11.2 Å². The van der Waals surface area contributed by atoms with Gasteiger partial charge in [-0.25, -0.2) is 0 Å². The summed E-state index contributed by atoms with van der Waals surface area (Å²) in [6.07, 6.45) is 2.99. The molecule has 0 bridgehead atoms. The topological polar surface area (TPSA) is 23.5 Å². The highest BCUT2D eigenvalue weighted by molar-refractivity contribution is 7.98. The molecule has 2 nitrogen and oxygen atoms in total. The number of hydrogen-bond donors (Lipinski definition) is 1. The second-order valence-electron chi connectivity index (χ2n) is 2.44. The number of thioether (sulfide) groups is 1. The quantitative estimate of drug-likeness (QED) is 0.610. The lowest BCUT2D eigenvalue weighted by Crippen LogP contribution is -2.20. The van der Waals surface area contributed by atoms with Crippen LogP contribution in [0.5, 0.6) is 0 Å². The third-order valence-electron chi connectivity index (χ3n) is 1.56. The molecule has 0 aromatic heterocycles. The standard InChI is InChI=1S/C6H13NOS/c1-9-5-7-3-2-6(8)4-7/h6,8H,2-5H2,1H3/t6-/m1/s1. The molecule has 0 saturated carbocycles. The maximum absolute atomic E-state index is 9.08. The van der Waals surface area contributed by atoms with Crippen LogP contribution in [-0.4, -0.2) is 41.3 Å². The Hall–Kier alpha value is 0.270. The molecule has 1 saturated heterocycles. The molecule has 1 aliphatic heterocycles. The van der Waals surface area contributed by atoms with Crippen molar-refractivity contribution in [3.8, 4) is 0 Å². The van der Waals surface area contributed by atoms with Gasteiger partial charge in [0.15, 0.2) is 0 Å². The molecular weight excluding hydrogens is 134 g/mol. The predicted molar refractivity (Wildman–Crippen MR) is 40.6 cm³/mol. The number of likely N-dealkylation sites (tertiary alicyclic amines) is 1. The van der Waals surface area contributed by atoms with Crippen molar-refractivity contribution in [1.29, 1.82) is 0 Å². The molecule has 1 atom stereocenters. The minimum Gasteiger partial charge on any atom is -0.392 e. The van der Waals surface area contributed by atoms with Crippen LogP contribution in [0.15, 0.2) is 0 Å². The summed E-state index contributed by atoms with van der Waals surface area (Å²) in [4.78, 5) is 2.27. The number of hydrogen-bond acceptors (Lipinski definition) is 3. The summed E-state index contributed by atoms with van der Waals surface area (Å²) in [6, 6.07) is 0. The lowest BCUT2D eigenvalue weighted by Gasteiger charge is -2.11. The SMILES string of the molecule is CSCN1CC[C@@H](O)C1. The smallest absolute Gasteiger partial charge is 0.0679 e. The maximum Gasteiger partial charge on any atom is 0.0679 e. The first-order valence-electron chi connectivity index (χ1n) is 3.22. The minimum absolute atomic E-state index is 0.0582. The molecule has 54 valence electrons. The van der Waals surface area contributed by atoms with Crippen LogP contribution in [0.2, 0.25) is 0 Å². The Morgan fingerprint density at radius 2 is 2.56 bits per heavy atom. The first-order chi connectivity index (χ1) is 4.33. The first kappa shape index (κ1) is 7.38. The zero-order valence-electron chi connectivity index (χ0n) is 5.71. The van der Waals surface area contributed by atoms with Crippen molar-refractivity contribution >= 4 is 11.8 Å². The van der Waals surface area contributed by atoms with E-state index in [1.54, 1.807) is 0 Å². The van der Waals surface area contributed by atoms with Crippen molar-refractivity contribution in [2.75, 3.05) is 25.2 Å². The van der Waals surface area contributed by atoms with Gasteiger partial charge in [0.05, 0.1) is 6.10 Å². The van der Waals surface area contributed by atoms with Crippen LogP contribution < -0.4 is 0 Å². The van der Waals surface area contributed by atoms with Crippen molar-refractivity contribution in [2.24, 2.45) is 0 Å². The van der Waals surface area contributed by atoms with E-state index < -0.39 is 0 Å². The van der Waals surface area contributed by atoms with Crippen LogP contribution in [0.3, 0.4) is 0 Å². The molecule has 1 aliphatic rings. The van der Waals surface area contributed by atoms with Crippen molar-refractivity contribution in [3.05, 3.63) is 0 Å². The van der Waals surface area contributed by atoms with Gasteiger partial charge in [0.2, 0.25) is 0 Å². The van der Waals surface area contributed by atoms with Gasteiger partial charge in [-0.1, -0.05) is 0 Å². The number of aliphatic hydroxyl groups excluding tert-OH is 1. The van der Waals surface area contributed by atoms with Gasteiger partial charge in [-0.15, -0.1) is 11.8 Å². The molecule has 3 heteroatoms. The van der Waals surface area contributed by atoms with Crippen LogP contribution in [0, 0.1) is 0 Å². The summed E-state index contributed by atoms with van der Waals surface area (Å²) in [6.45, 7) is 1.95. The van der Waals surface area contributed by atoms with Gasteiger partial charge in [0.1, 0.15) is 0 Å². The Morgan fingerprint density at radius 3 is 3.00 bits per heavy atom. The molecule has 0 amide bonds. The minimum atomic E-state index is -0.0582. The van der Waals surface area contributed by atoms with E-state index in [0.29, 0.717) is 0 Å². The molecule has 0 spiro atoms. The molecule has 0 unspecified atom stereocenters. The molecule has 1 fully saturated rings. The highest BCUT2D eigenvalue weighted by atomic mass is 32.2. The average molecular weight is 147 g/mol. The van der Waals surface area contributed by atoms with E-state index in [1.165, 1.54) is 0 Å². The lowest BCUT2D eigenvalue weighted by molar-refractivity contribution is 0.181. The van der Waals surface area contributed by atoms with E-state index in [-0.39, 0.29) is 6.10 Å². The van der Waals surface area contributed by atoms with E-state index >= 15 is 0 Å². The summed E-state index contributed by atoms with van der Waals surface area (Å²) in [7, 11) is 0. The molecule has 1 rings (SSSR count). The van der Waals surface area contributed by atoms with E-state index in [4.69, 9.17) is 5.11 Å². The maximum atomic E-state index is 9.08. The van der Waals surface area contributed by atoms with Gasteiger partial charge in [0, 0.05) is 19.0 Å². The van der Waals surface area contributed by atoms with Crippen LogP contribution in [0.25, 0.3) is 0 Å². The second kappa shape index (κ2) is 3.44. The summed E-state index contributed by atoms with van der Waals surface area (Å²) in [5.41, 5.74) is 0. The average Bonchev–Trinajstić information content (AvgIpc) is 2.17. The third kappa shape index (κ3) is 2.16. The Balaban J connectivity index is 2.14. The molecule has 9 heavy (non-hydrogen) atoms. The van der Waals surface area contributed by atoms with Crippen molar-refractivity contribution in [1.82, 2.24) is 4.90 Å². The van der Waals surface area contributed by atoms with Crippen LogP contribution in [0.4, 0.5) is 0 Å². The lowest BCUT2D eigenvalue weighted by atomic mass is 10.3. The van der Waals surface area contributed by atoms with E-state index in [0.717, 1.165) is 25.4 Å². The first-order valence-corrected chi connectivity index (χ1v) is 4.61. The highest BCUT2D eigenvalue weighted by Gasteiger charge is 2.18. The fraction of sp³-hybridized carbons (Fsp3) is 1.00. The van der Waals surface area contributed by atoms with Crippen molar-refractivity contribution in [3.63, 3.8) is 0 Å². The Morgan fingerprint density at radius 1 is 1.78 bits per heavy atom. The highest BCUT2D eigenvalue weighted by Crippen LogP contribution is 2.10. The summed E-state index contributed by atoms with van der Waals surface area (Å²) < 4.78 is 0. The zero-order valence-corrected chi connectivity index (χ0v) is 6.52. The van der Waals surface area contributed by atoms with Gasteiger partial charge in [-0.2, -0.15) is 0 Å². The number of aliphatic hydroxyl groups is 1. The van der Waals surface area contributed by atoms with Crippen molar-refractivity contribution < 1.29 is 5.11 Å². The van der Waals surface area contributed by atoms with Gasteiger partial charge in [0.25, 0.3) is 0 Å². The third-order valence-corrected chi connectivity index (χ3v) is 2.18. The summed E-state index contributed by atoms with van der Waals surface area (Å²) in [5, 5.41) is 9.08. The Kier molecular flexibility index (Phi) is 2.82. The number of β-amino-alcohol motifs (C(OH)–C–C–N with tert-alkyl or cyclic N) is 1. The predicted octanol–water partition coefficient (Wildman–Crippen LogP) is 0.373. The number of nitrogens with zero attached hydrogens (tertiary/aromatic N) is 1. The fourth-order valence-electron chi connectivity index (χ4n) is 1.11. The molecule has 0 aliphatic carbocycles. The van der Waals surface area contributed by atoms with Gasteiger partial charge < -0.3 is 5.11 Å². The van der Waals surface area contributed by atoms with E-state index in [1.807, 2.05) is 11.8 Å². The summed E-state index contributed by atoms with van der Waals surface area (Å²) >= 11 is 1.82. The second-order valence-corrected chi connectivity index (χ2v) is 3.27. The summed E-state index contributed by atoms with van der Waals surface area (Å²) in [5.74, 6) is 1.07. The molecule has 0 radical (unpaired) electrons. The molecule has 0 aromatic carbocycles. The normalized spacial score (nSPS) is 29.3. The molecular formula is C6H13NOS. The molecule has 0 aromatic rings. The molecule has 1 N–H and O–H groups in total. The van der Waals surface area contributed by atoms with Gasteiger partial charge in [-0.05, 0) is 12.7 Å². The number of rotatable bonds is 2. The van der Waals surface area contributed by atoms with Crippen LogP contribution >= 0.6 is 11.8 Å². The van der Waals surface area contributed by atoms with Crippen LogP contribution in [-0.2, 0) is 0 Å². The van der Waals surface area contributed by atoms with Gasteiger partial charge >= 0.3 is 0 Å².